The molecule has 0 spiro atoms. The quantitative estimate of drug-likeness (QED) is 0.531. The molecule has 1 aliphatic heterocycles. The standard InChI is InChI=1S/C22H24Cl2N4O3/c1-29-17-11-19(23)18(20(24)12-17)10-16-2-3-21(31-16)15-13-26-22(27-14-15)25-4-5-28-6-8-30-9-7-28/h2-3,11-14H,4-10H2,1H3,(H,25,26,27). The van der Waals surface area contributed by atoms with Gasteiger partial charge in [-0.05, 0) is 29.8 Å². The van der Waals surface area contributed by atoms with Gasteiger partial charge in [-0.25, -0.2) is 9.97 Å². The van der Waals surface area contributed by atoms with Crippen LogP contribution in [0.3, 0.4) is 0 Å². The summed E-state index contributed by atoms with van der Waals surface area (Å²) in [6.45, 7) is 5.26. The molecule has 1 aromatic carbocycles. The lowest BCUT2D eigenvalue weighted by atomic mass is 10.1. The summed E-state index contributed by atoms with van der Waals surface area (Å²) in [5.41, 5.74) is 1.60. The molecule has 3 aromatic rings. The number of anilines is 1. The first kappa shape index (κ1) is 21.9. The number of morpholine rings is 1. The summed E-state index contributed by atoms with van der Waals surface area (Å²) in [6, 6.07) is 7.28. The van der Waals surface area contributed by atoms with Gasteiger partial charge >= 0.3 is 0 Å². The van der Waals surface area contributed by atoms with Crippen LogP contribution in [-0.2, 0) is 11.2 Å². The van der Waals surface area contributed by atoms with Gasteiger partial charge in [-0.3, -0.25) is 4.90 Å². The topological polar surface area (TPSA) is 72.7 Å². The number of methoxy groups -OCH3 is 1. The number of benzene rings is 1. The van der Waals surface area contributed by atoms with Gasteiger partial charge in [-0.2, -0.15) is 0 Å². The van der Waals surface area contributed by atoms with Crippen molar-refractivity contribution in [3.8, 4) is 17.1 Å². The van der Waals surface area contributed by atoms with E-state index in [9.17, 15) is 0 Å². The summed E-state index contributed by atoms with van der Waals surface area (Å²) in [5.74, 6) is 2.66. The zero-order valence-electron chi connectivity index (χ0n) is 17.2. The monoisotopic (exact) mass is 462 g/mol. The minimum atomic E-state index is 0.476. The highest BCUT2D eigenvalue weighted by Crippen LogP contribution is 2.33. The third-order valence-electron chi connectivity index (χ3n) is 5.11. The van der Waals surface area contributed by atoms with E-state index in [1.54, 1.807) is 31.6 Å². The molecule has 0 radical (unpaired) electrons. The number of furan rings is 1. The Balaban J connectivity index is 1.35. The van der Waals surface area contributed by atoms with Crippen LogP contribution in [0.15, 0.2) is 41.1 Å². The Hall–Kier alpha value is -2.32. The van der Waals surface area contributed by atoms with E-state index in [4.69, 9.17) is 37.1 Å². The molecule has 0 unspecified atom stereocenters. The highest BCUT2D eigenvalue weighted by atomic mass is 35.5. The molecule has 164 valence electrons. The number of halogens is 2. The molecular formula is C22H24Cl2N4O3. The molecule has 2 aromatic heterocycles. The molecule has 31 heavy (non-hydrogen) atoms. The Morgan fingerprint density at radius 3 is 2.48 bits per heavy atom. The first-order valence-corrected chi connectivity index (χ1v) is 10.8. The SMILES string of the molecule is COc1cc(Cl)c(Cc2ccc(-c3cnc(NCCN4CCOCC4)nc3)o2)c(Cl)c1. The fourth-order valence-electron chi connectivity index (χ4n) is 3.37. The van der Waals surface area contributed by atoms with Crippen molar-refractivity contribution in [2.24, 2.45) is 0 Å². The molecule has 1 aliphatic rings. The minimum Gasteiger partial charge on any atom is -0.497 e. The molecule has 7 nitrogen and oxygen atoms in total. The van der Waals surface area contributed by atoms with Gasteiger partial charge in [0.1, 0.15) is 17.3 Å². The zero-order chi connectivity index (χ0) is 21.6. The molecular weight excluding hydrogens is 439 g/mol. The highest BCUT2D eigenvalue weighted by Gasteiger charge is 2.14. The van der Waals surface area contributed by atoms with Gasteiger partial charge in [0.25, 0.3) is 0 Å². The van der Waals surface area contributed by atoms with Crippen molar-refractivity contribution in [2.75, 3.05) is 51.8 Å². The number of hydrogen-bond acceptors (Lipinski definition) is 7. The van der Waals surface area contributed by atoms with Crippen LogP contribution in [0.1, 0.15) is 11.3 Å². The maximum Gasteiger partial charge on any atom is 0.222 e. The van der Waals surface area contributed by atoms with E-state index in [1.807, 2.05) is 12.1 Å². The molecule has 1 N–H and O–H groups in total. The van der Waals surface area contributed by atoms with Gasteiger partial charge in [0.15, 0.2) is 0 Å². The summed E-state index contributed by atoms with van der Waals surface area (Å²) in [4.78, 5) is 11.2. The van der Waals surface area contributed by atoms with Crippen LogP contribution in [0.25, 0.3) is 11.3 Å². The summed E-state index contributed by atoms with van der Waals surface area (Å²) >= 11 is 12.7. The number of aromatic nitrogens is 2. The smallest absolute Gasteiger partial charge is 0.222 e. The van der Waals surface area contributed by atoms with Crippen LogP contribution in [0, 0.1) is 0 Å². The molecule has 0 atom stereocenters. The molecule has 0 saturated carbocycles. The highest BCUT2D eigenvalue weighted by molar-refractivity contribution is 6.36. The van der Waals surface area contributed by atoms with E-state index >= 15 is 0 Å². The Labute approximate surface area is 191 Å². The Morgan fingerprint density at radius 1 is 1.10 bits per heavy atom. The Morgan fingerprint density at radius 2 is 1.81 bits per heavy atom. The van der Waals surface area contributed by atoms with Crippen LogP contribution in [0.5, 0.6) is 5.75 Å². The summed E-state index contributed by atoms with van der Waals surface area (Å²) in [5, 5.41) is 4.34. The number of rotatable bonds is 8. The predicted molar refractivity (Wildman–Crippen MR) is 121 cm³/mol. The first-order valence-electron chi connectivity index (χ1n) is 10.1. The van der Waals surface area contributed by atoms with Gasteiger partial charge in [0, 0.05) is 55.0 Å². The van der Waals surface area contributed by atoms with Crippen molar-refractivity contribution in [1.82, 2.24) is 14.9 Å². The van der Waals surface area contributed by atoms with Crippen molar-refractivity contribution in [2.45, 2.75) is 6.42 Å². The van der Waals surface area contributed by atoms with Crippen molar-refractivity contribution in [1.29, 1.82) is 0 Å². The van der Waals surface area contributed by atoms with Crippen molar-refractivity contribution in [3.63, 3.8) is 0 Å². The molecule has 0 bridgehead atoms. The number of ether oxygens (including phenoxy) is 2. The van der Waals surface area contributed by atoms with E-state index in [0.717, 1.165) is 56.3 Å². The van der Waals surface area contributed by atoms with E-state index in [2.05, 4.69) is 20.2 Å². The van der Waals surface area contributed by atoms with E-state index in [0.29, 0.717) is 33.9 Å². The van der Waals surface area contributed by atoms with E-state index in [1.165, 1.54) is 0 Å². The molecule has 4 rings (SSSR count). The van der Waals surface area contributed by atoms with Crippen LogP contribution in [0.2, 0.25) is 10.0 Å². The lowest BCUT2D eigenvalue weighted by molar-refractivity contribution is 0.0398. The van der Waals surface area contributed by atoms with Crippen molar-refractivity contribution in [3.05, 3.63) is 58.0 Å². The largest absolute Gasteiger partial charge is 0.497 e. The third kappa shape index (κ3) is 5.68. The van der Waals surface area contributed by atoms with Crippen molar-refractivity contribution >= 4 is 29.2 Å². The molecule has 3 heterocycles. The Bertz CT molecular complexity index is 981. The Kier molecular flexibility index (Phi) is 7.29. The predicted octanol–water partition coefficient (Wildman–Crippen LogP) is 4.39. The molecule has 0 amide bonds. The number of nitrogens with zero attached hydrogens (tertiary/aromatic N) is 3. The second kappa shape index (κ2) is 10.3. The van der Waals surface area contributed by atoms with Gasteiger partial charge in [-0.15, -0.1) is 0 Å². The lowest BCUT2D eigenvalue weighted by Crippen LogP contribution is -2.39. The van der Waals surface area contributed by atoms with Crippen molar-refractivity contribution < 1.29 is 13.9 Å². The summed E-state index contributed by atoms with van der Waals surface area (Å²) < 4.78 is 16.5. The van der Waals surface area contributed by atoms with Gasteiger partial charge in [0.05, 0.1) is 25.9 Å². The molecule has 1 saturated heterocycles. The fourth-order valence-corrected chi connectivity index (χ4v) is 3.97. The summed E-state index contributed by atoms with van der Waals surface area (Å²) in [7, 11) is 1.58. The maximum absolute atomic E-state index is 6.35. The van der Waals surface area contributed by atoms with Crippen LogP contribution in [-0.4, -0.2) is 61.4 Å². The molecule has 9 heteroatoms. The molecule has 1 fully saturated rings. The summed E-state index contributed by atoms with van der Waals surface area (Å²) in [6.07, 6.45) is 3.98. The van der Waals surface area contributed by atoms with E-state index < -0.39 is 0 Å². The maximum atomic E-state index is 6.35. The van der Waals surface area contributed by atoms with E-state index in [-0.39, 0.29) is 0 Å². The lowest BCUT2D eigenvalue weighted by Gasteiger charge is -2.26. The number of hydrogen-bond donors (Lipinski definition) is 1. The first-order chi connectivity index (χ1) is 15.1. The minimum absolute atomic E-state index is 0.476. The van der Waals surface area contributed by atoms with Crippen LogP contribution >= 0.6 is 23.2 Å². The van der Waals surface area contributed by atoms with Crippen LogP contribution in [0.4, 0.5) is 5.95 Å². The van der Waals surface area contributed by atoms with Gasteiger partial charge < -0.3 is 19.2 Å². The van der Waals surface area contributed by atoms with Gasteiger partial charge in [-0.1, -0.05) is 23.2 Å². The zero-order valence-corrected chi connectivity index (χ0v) is 18.7. The van der Waals surface area contributed by atoms with Crippen LogP contribution < -0.4 is 10.1 Å². The second-order valence-electron chi connectivity index (χ2n) is 7.19. The average molecular weight is 463 g/mol. The second-order valence-corrected chi connectivity index (χ2v) is 8.00. The number of nitrogens with one attached hydrogen (secondary N) is 1. The fraction of sp³-hybridized carbons (Fsp3) is 0.364. The van der Waals surface area contributed by atoms with Gasteiger partial charge in [0.2, 0.25) is 5.95 Å². The average Bonchev–Trinajstić information content (AvgIpc) is 3.26. The third-order valence-corrected chi connectivity index (χ3v) is 5.79. The molecule has 0 aliphatic carbocycles. The normalized spacial score (nSPS) is 14.5.